The van der Waals surface area contributed by atoms with E-state index in [0.29, 0.717) is 39.9 Å². The van der Waals surface area contributed by atoms with E-state index in [-0.39, 0.29) is 0 Å². The Hall–Kier alpha value is -11.2. The van der Waals surface area contributed by atoms with Crippen molar-refractivity contribution in [1.82, 2.24) is 24.1 Å². The van der Waals surface area contributed by atoms with Gasteiger partial charge in [0, 0.05) is 49.4 Å². The van der Waals surface area contributed by atoms with Gasteiger partial charge in [-0.15, -0.1) is 0 Å². The Labute approximate surface area is 436 Å². The third kappa shape index (κ3) is 7.66. The van der Waals surface area contributed by atoms with Gasteiger partial charge in [0.1, 0.15) is 0 Å². The minimum Gasteiger partial charge on any atom is -0.309 e. The van der Waals surface area contributed by atoms with Crippen LogP contribution in [0.4, 0.5) is 5.69 Å². The number of rotatable bonds is 8. The molecule has 9 nitrogen and oxygen atoms in total. The number of hydrogen-bond acceptors (Lipinski definition) is 6. The second-order valence-corrected chi connectivity index (χ2v) is 18.5. The molecule has 9 heteroatoms. The number of benzene rings is 10. The maximum Gasteiger partial charge on any atom is 0.189 e. The normalized spacial score (nSPS) is 11.1. The molecule has 0 bridgehead atoms. The smallest absolute Gasteiger partial charge is 0.189 e. The Morgan fingerprint density at radius 3 is 1.33 bits per heavy atom. The molecule has 0 unspecified atom stereocenters. The first-order chi connectivity index (χ1) is 37.5. The van der Waals surface area contributed by atoms with Crippen molar-refractivity contribution >= 4 is 49.3 Å². The van der Waals surface area contributed by atoms with Crippen LogP contribution in [0.25, 0.3) is 127 Å². The molecule has 13 aromatic rings. The Bertz CT molecular complexity index is 4570. The molecule has 0 aliphatic heterocycles. The molecular weight excluding hydrogens is 931 g/mol. The molecule has 0 radical (unpaired) electrons. The SMILES string of the molecule is [C-]#[N+]c1cc(C#N)cc(-c2ccc3c(c2)c2ccccc2n3-c2ccc(-c3ccccc3-n3c4ccccc4c4cc(-c5cc(C#N)cc(C#N)c5)ccc43)cc2-c2nc(-c3ccccc3)nc(-c3ccccc3)n2)c1. The lowest BCUT2D eigenvalue weighted by Gasteiger charge is -2.18. The lowest BCUT2D eigenvalue weighted by atomic mass is 9.98. The van der Waals surface area contributed by atoms with Crippen LogP contribution >= 0.6 is 0 Å². The van der Waals surface area contributed by atoms with Gasteiger partial charge in [0.05, 0.1) is 69.3 Å². The molecule has 350 valence electrons. The molecule has 13 rings (SSSR count). The molecule has 0 saturated carbocycles. The van der Waals surface area contributed by atoms with Gasteiger partial charge in [-0.25, -0.2) is 19.8 Å². The summed E-state index contributed by atoms with van der Waals surface area (Å²) in [6.07, 6.45) is 0. The van der Waals surface area contributed by atoms with E-state index in [2.05, 4.69) is 147 Å². The fourth-order valence-electron chi connectivity index (χ4n) is 10.6. The summed E-state index contributed by atoms with van der Waals surface area (Å²) in [6.45, 7) is 7.75. The zero-order chi connectivity index (χ0) is 51.3. The summed E-state index contributed by atoms with van der Waals surface area (Å²) in [5, 5.41) is 33.7. The summed E-state index contributed by atoms with van der Waals surface area (Å²) in [6, 6.07) is 81.5. The van der Waals surface area contributed by atoms with Crippen LogP contribution in [0.3, 0.4) is 0 Å². The molecular formula is C67H37N9. The highest BCUT2D eigenvalue weighted by Crippen LogP contribution is 2.43. The highest BCUT2D eigenvalue weighted by atomic mass is 15.1. The van der Waals surface area contributed by atoms with Gasteiger partial charge in [0.25, 0.3) is 0 Å². The predicted octanol–water partition coefficient (Wildman–Crippen LogP) is 16.2. The second-order valence-electron chi connectivity index (χ2n) is 18.5. The highest BCUT2D eigenvalue weighted by molar-refractivity contribution is 6.12. The molecule has 10 aromatic carbocycles. The number of nitriles is 3. The number of hydrogen-bond donors (Lipinski definition) is 0. The second kappa shape index (κ2) is 18.4. The van der Waals surface area contributed by atoms with Crippen molar-refractivity contribution in [2.24, 2.45) is 0 Å². The fourth-order valence-corrected chi connectivity index (χ4v) is 10.6. The van der Waals surface area contributed by atoms with Gasteiger partial charge in [0.15, 0.2) is 23.2 Å². The Kier molecular flexibility index (Phi) is 10.8. The third-order valence-electron chi connectivity index (χ3n) is 14.0. The van der Waals surface area contributed by atoms with Crippen molar-refractivity contribution in [2.45, 2.75) is 0 Å². The first-order valence-electron chi connectivity index (χ1n) is 24.5. The van der Waals surface area contributed by atoms with Crippen molar-refractivity contribution < 1.29 is 0 Å². The quantitative estimate of drug-likeness (QED) is 0.140. The van der Waals surface area contributed by atoms with Gasteiger partial charge in [-0.2, -0.15) is 15.8 Å². The lowest BCUT2D eigenvalue weighted by Crippen LogP contribution is -2.04. The molecule has 3 aromatic heterocycles. The van der Waals surface area contributed by atoms with Gasteiger partial charge in [-0.05, 0) is 119 Å². The van der Waals surface area contributed by atoms with Crippen LogP contribution in [-0.4, -0.2) is 24.1 Å². The third-order valence-corrected chi connectivity index (χ3v) is 14.0. The summed E-state index contributed by atoms with van der Waals surface area (Å²) in [7, 11) is 0. The van der Waals surface area contributed by atoms with E-state index in [0.717, 1.165) is 105 Å². The average molecular weight is 968 g/mol. The molecule has 0 aliphatic rings. The summed E-state index contributed by atoms with van der Waals surface area (Å²) >= 11 is 0. The van der Waals surface area contributed by atoms with Crippen molar-refractivity contribution in [3.05, 3.63) is 253 Å². The van der Waals surface area contributed by atoms with Gasteiger partial charge >= 0.3 is 0 Å². The van der Waals surface area contributed by atoms with Crippen LogP contribution < -0.4 is 0 Å². The maximum absolute atomic E-state index is 9.88. The van der Waals surface area contributed by atoms with Crippen LogP contribution in [0.2, 0.25) is 0 Å². The Morgan fingerprint density at radius 2 is 0.776 bits per heavy atom. The average Bonchev–Trinajstić information content (AvgIpc) is 4.07. The summed E-state index contributed by atoms with van der Waals surface area (Å²) in [5.41, 5.74) is 15.3. The van der Waals surface area contributed by atoms with E-state index in [1.165, 1.54) is 0 Å². The van der Waals surface area contributed by atoms with Gasteiger partial charge in [0.2, 0.25) is 0 Å². The zero-order valence-electron chi connectivity index (χ0n) is 40.4. The van der Waals surface area contributed by atoms with Crippen molar-refractivity contribution in [2.75, 3.05) is 0 Å². The summed E-state index contributed by atoms with van der Waals surface area (Å²) in [4.78, 5) is 19.4. The first kappa shape index (κ1) is 44.7. The molecule has 0 N–H and O–H groups in total. The molecule has 0 saturated heterocycles. The molecule has 0 amide bonds. The fraction of sp³-hybridized carbons (Fsp3) is 0. The first-order valence-corrected chi connectivity index (χ1v) is 24.5. The molecule has 3 heterocycles. The van der Waals surface area contributed by atoms with E-state index in [9.17, 15) is 15.8 Å². The van der Waals surface area contributed by atoms with E-state index in [1.807, 2.05) is 97.1 Å². The van der Waals surface area contributed by atoms with E-state index in [1.54, 1.807) is 12.1 Å². The number of nitrogens with zero attached hydrogens (tertiary/aromatic N) is 9. The van der Waals surface area contributed by atoms with Crippen molar-refractivity contribution in [3.63, 3.8) is 0 Å². The lowest BCUT2D eigenvalue weighted by molar-refractivity contribution is 1.06. The summed E-state index contributed by atoms with van der Waals surface area (Å²) < 4.78 is 4.59. The molecule has 0 spiro atoms. The predicted molar refractivity (Wildman–Crippen MR) is 302 cm³/mol. The van der Waals surface area contributed by atoms with Crippen LogP contribution in [0.5, 0.6) is 0 Å². The minimum absolute atomic E-state index is 0.409. The molecule has 0 fully saturated rings. The van der Waals surface area contributed by atoms with Gasteiger partial charge in [-0.3, -0.25) is 0 Å². The maximum atomic E-state index is 9.88. The minimum atomic E-state index is 0.409. The van der Waals surface area contributed by atoms with Crippen molar-refractivity contribution in [3.8, 4) is 97.1 Å². The zero-order valence-corrected chi connectivity index (χ0v) is 40.4. The summed E-state index contributed by atoms with van der Waals surface area (Å²) in [5.74, 6) is 1.58. The Morgan fingerprint density at radius 1 is 0.329 bits per heavy atom. The van der Waals surface area contributed by atoms with Gasteiger partial charge < -0.3 is 9.13 Å². The van der Waals surface area contributed by atoms with Crippen molar-refractivity contribution in [1.29, 1.82) is 15.8 Å². The van der Waals surface area contributed by atoms with Crippen LogP contribution in [0, 0.1) is 40.6 Å². The highest BCUT2D eigenvalue weighted by Gasteiger charge is 2.23. The molecule has 0 aliphatic carbocycles. The van der Waals surface area contributed by atoms with E-state index in [4.69, 9.17) is 21.5 Å². The number of aromatic nitrogens is 5. The van der Waals surface area contributed by atoms with Crippen LogP contribution in [0.15, 0.2) is 224 Å². The van der Waals surface area contributed by atoms with Crippen LogP contribution in [-0.2, 0) is 0 Å². The standard InChI is InChI=1S/C67H37N9/c1-71-52-34-44(41-70)33-51(35-52)48-25-28-63-57(37-48)55-20-10-13-23-61(55)76(63)64-29-26-49(38-58(64)67-73-65(45-14-4-2-5-15-45)72-66(74-67)46-16-6-3-7-17-46)53-18-8-11-21-59(53)75-60-22-12-9-19-54(60)56-36-47(24-27-62(56)75)50-31-42(39-68)30-43(32-50)40-69/h2-38H. The van der Waals surface area contributed by atoms with Gasteiger partial charge in [-0.1, -0.05) is 133 Å². The number of para-hydroxylation sites is 3. The Balaban J connectivity index is 1.06. The molecule has 0 atom stereocenters. The van der Waals surface area contributed by atoms with E-state index >= 15 is 0 Å². The number of fused-ring (bicyclic) bond motifs is 6. The van der Waals surface area contributed by atoms with Crippen LogP contribution in [0.1, 0.15) is 16.7 Å². The monoisotopic (exact) mass is 967 g/mol. The van der Waals surface area contributed by atoms with E-state index < -0.39 is 0 Å². The topological polar surface area (TPSA) is 124 Å². The largest absolute Gasteiger partial charge is 0.309 e. The molecule has 76 heavy (non-hydrogen) atoms.